The molecule has 1 aromatic heterocycles. The van der Waals surface area contributed by atoms with E-state index >= 15 is 0 Å². The second kappa shape index (κ2) is 12.3. The predicted molar refractivity (Wildman–Crippen MR) is 168 cm³/mol. The third kappa shape index (κ3) is 5.48. The number of benzene rings is 3. The number of esters is 1. The van der Waals surface area contributed by atoms with Crippen LogP contribution in [0.15, 0.2) is 88.2 Å². The molecule has 3 aromatic carbocycles. The molecule has 8 nitrogen and oxygen atoms in total. The third-order valence-corrected chi connectivity index (χ3v) is 8.74. The Bertz CT molecular complexity index is 1850. The van der Waals surface area contributed by atoms with Crippen LogP contribution in [0.3, 0.4) is 0 Å². The summed E-state index contributed by atoms with van der Waals surface area (Å²) in [5.74, 6) is 0.499. The molecule has 0 N–H and O–H groups in total. The number of aromatic nitrogens is 1. The van der Waals surface area contributed by atoms with Gasteiger partial charge in [-0.2, -0.15) is 0 Å². The van der Waals surface area contributed by atoms with E-state index in [0.717, 1.165) is 24.2 Å². The summed E-state index contributed by atoms with van der Waals surface area (Å²) in [7, 11) is 3.12. The number of rotatable bonds is 8. The summed E-state index contributed by atoms with van der Waals surface area (Å²) in [5.41, 5.74) is 4.06. The molecule has 0 spiro atoms. The van der Waals surface area contributed by atoms with Crippen molar-refractivity contribution in [3.63, 3.8) is 0 Å². The van der Waals surface area contributed by atoms with Crippen LogP contribution in [0, 0.1) is 0 Å². The van der Waals surface area contributed by atoms with Gasteiger partial charge >= 0.3 is 5.97 Å². The van der Waals surface area contributed by atoms with Crippen LogP contribution in [0.2, 0.25) is 0 Å². The van der Waals surface area contributed by atoms with Crippen LogP contribution in [0.1, 0.15) is 42.5 Å². The van der Waals surface area contributed by atoms with Gasteiger partial charge in [0.2, 0.25) is 0 Å². The lowest BCUT2D eigenvalue weighted by Gasteiger charge is -2.26. The summed E-state index contributed by atoms with van der Waals surface area (Å²) in [6.45, 7) is 4.08. The van der Waals surface area contributed by atoms with Crippen LogP contribution in [-0.2, 0) is 9.53 Å². The Hall–Kier alpha value is -4.63. The molecule has 0 aliphatic carbocycles. The number of thiazole rings is 1. The van der Waals surface area contributed by atoms with Crippen molar-refractivity contribution in [2.75, 3.05) is 38.8 Å². The molecule has 43 heavy (non-hydrogen) atoms. The minimum Gasteiger partial charge on any atom is -0.493 e. The van der Waals surface area contributed by atoms with Crippen LogP contribution in [0.25, 0.3) is 11.8 Å². The van der Waals surface area contributed by atoms with Crippen LogP contribution in [0.4, 0.5) is 5.69 Å². The van der Waals surface area contributed by atoms with E-state index in [4.69, 9.17) is 19.2 Å². The summed E-state index contributed by atoms with van der Waals surface area (Å²) in [4.78, 5) is 35.6. The van der Waals surface area contributed by atoms with E-state index in [9.17, 15) is 9.59 Å². The standard InChI is InChI=1S/C34H33N3O5S/c1-4-42-33(39)29-30(23-10-6-5-7-11-23)35-34-37(31(29)24-14-17-26(40-2)27(21-24)41-3)32(38)28(43-34)20-22-12-15-25(16-13-22)36-18-8-9-19-36/h5-7,10-17,20-21,31H,4,8-9,18-19H2,1-3H3/b28-20+/t31-/m0/s1. The fourth-order valence-electron chi connectivity index (χ4n) is 5.69. The van der Waals surface area contributed by atoms with Crippen LogP contribution in [-0.4, -0.2) is 44.5 Å². The predicted octanol–water partition coefficient (Wildman–Crippen LogP) is 4.55. The summed E-state index contributed by atoms with van der Waals surface area (Å²) in [5, 5.41) is 0. The van der Waals surface area contributed by atoms with Gasteiger partial charge in [0.15, 0.2) is 16.3 Å². The third-order valence-electron chi connectivity index (χ3n) is 7.76. The molecule has 3 heterocycles. The molecule has 220 valence electrons. The normalized spacial score (nSPS) is 16.6. The molecule has 1 fully saturated rings. The number of fused-ring (bicyclic) bond motifs is 1. The van der Waals surface area contributed by atoms with Gasteiger partial charge in [-0.05, 0) is 61.2 Å². The van der Waals surface area contributed by atoms with Gasteiger partial charge in [-0.25, -0.2) is 9.79 Å². The highest BCUT2D eigenvalue weighted by molar-refractivity contribution is 7.07. The largest absolute Gasteiger partial charge is 0.493 e. The number of methoxy groups -OCH3 is 2. The zero-order chi connectivity index (χ0) is 29.9. The minimum absolute atomic E-state index is 0.181. The highest BCUT2D eigenvalue weighted by atomic mass is 32.1. The van der Waals surface area contributed by atoms with Crippen molar-refractivity contribution in [2.45, 2.75) is 25.8 Å². The van der Waals surface area contributed by atoms with Gasteiger partial charge in [0.05, 0.1) is 42.7 Å². The van der Waals surface area contributed by atoms with Crippen molar-refractivity contribution in [1.29, 1.82) is 0 Å². The lowest BCUT2D eigenvalue weighted by molar-refractivity contribution is -0.138. The molecule has 1 saturated heterocycles. The molecule has 0 radical (unpaired) electrons. The Morgan fingerprint density at radius 1 is 0.977 bits per heavy atom. The number of nitrogens with zero attached hydrogens (tertiary/aromatic N) is 3. The molecule has 6 rings (SSSR count). The molecule has 0 amide bonds. The summed E-state index contributed by atoms with van der Waals surface area (Å²) in [6.07, 6.45) is 4.31. The molecule has 2 aliphatic rings. The molecular formula is C34H33N3O5S. The first-order valence-electron chi connectivity index (χ1n) is 14.4. The Morgan fingerprint density at radius 3 is 2.37 bits per heavy atom. The molecule has 2 aliphatic heterocycles. The first kappa shape index (κ1) is 28.5. The number of hydrogen-bond donors (Lipinski definition) is 0. The Balaban J connectivity index is 1.56. The molecule has 0 bridgehead atoms. The van der Waals surface area contributed by atoms with Crippen molar-refractivity contribution in [1.82, 2.24) is 4.57 Å². The van der Waals surface area contributed by atoms with E-state index < -0.39 is 12.0 Å². The molecular weight excluding hydrogens is 562 g/mol. The highest BCUT2D eigenvalue weighted by Crippen LogP contribution is 2.38. The monoisotopic (exact) mass is 595 g/mol. The second-order valence-electron chi connectivity index (χ2n) is 10.3. The summed E-state index contributed by atoms with van der Waals surface area (Å²) in [6, 6.07) is 22.4. The zero-order valence-electron chi connectivity index (χ0n) is 24.4. The SMILES string of the molecule is CCOC(=O)C1=C(c2ccccc2)N=c2s/c(=C/c3ccc(N4CCCC4)cc3)c(=O)n2[C@H]1c1ccc(OC)c(OC)c1. The van der Waals surface area contributed by atoms with Gasteiger partial charge in [0.25, 0.3) is 5.56 Å². The minimum atomic E-state index is -0.801. The Morgan fingerprint density at radius 2 is 1.70 bits per heavy atom. The van der Waals surface area contributed by atoms with E-state index in [2.05, 4.69) is 17.0 Å². The van der Waals surface area contributed by atoms with Gasteiger partial charge in [-0.15, -0.1) is 0 Å². The van der Waals surface area contributed by atoms with Gasteiger partial charge in [0.1, 0.15) is 0 Å². The van der Waals surface area contributed by atoms with Gasteiger partial charge in [-0.3, -0.25) is 9.36 Å². The first-order valence-corrected chi connectivity index (χ1v) is 15.2. The van der Waals surface area contributed by atoms with Gasteiger partial charge in [0, 0.05) is 24.3 Å². The maximum atomic E-state index is 14.2. The lowest BCUT2D eigenvalue weighted by Crippen LogP contribution is -2.40. The zero-order valence-corrected chi connectivity index (χ0v) is 25.2. The summed E-state index contributed by atoms with van der Waals surface area (Å²) >= 11 is 1.30. The average Bonchev–Trinajstić information content (AvgIpc) is 3.69. The highest BCUT2D eigenvalue weighted by Gasteiger charge is 2.35. The maximum Gasteiger partial charge on any atom is 0.338 e. The van der Waals surface area contributed by atoms with Crippen LogP contribution in [0.5, 0.6) is 11.5 Å². The Labute approximate surface area is 253 Å². The van der Waals surface area contributed by atoms with Crippen molar-refractivity contribution < 1.29 is 19.0 Å². The van der Waals surface area contributed by atoms with E-state index in [0.29, 0.717) is 32.1 Å². The second-order valence-corrected chi connectivity index (χ2v) is 11.3. The number of ether oxygens (including phenoxy) is 3. The van der Waals surface area contributed by atoms with E-state index in [1.54, 1.807) is 37.8 Å². The number of carbonyl (C=O) groups excluding carboxylic acids is 1. The number of hydrogen-bond acceptors (Lipinski definition) is 8. The van der Waals surface area contributed by atoms with Crippen molar-refractivity contribution in [2.24, 2.45) is 4.99 Å². The van der Waals surface area contributed by atoms with Crippen molar-refractivity contribution in [3.05, 3.63) is 115 Å². The first-order chi connectivity index (χ1) is 21.0. The number of anilines is 1. The Kier molecular flexibility index (Phi) is 8.16. The fourth-order valence-corrected chi connectivity index (χ4v) is 6.69. The molecule has 0 unspecified atom stereocenters. The van der Waals surface area contributed by atoms with Crippen LogP contribution >= 0.6 is 11.3 Å². The molecule has 4 aromatic rings. The van der Waals surface area contributed by atoms with E-state index in [-0.39, 0.29) is 17.7 Å². The molecule has 0 saturated carbocycles. The fraction of sp³-hybridized carbons (Fsp3) is 0.265. The molecule has 1 atom stereocenters. The number of carbonyl (C=O) groups is 1. The van der Waals surface area contributed by atoms with Crippen LogP contribution < -0.4 is 29.3 Å². The van der Waals surface area contributed by atoms with E-state index in [1.165, 1.54) is 29.9 Å². The molecule has 9 heteroatoms. The van der Waals surface area contributed by atoms with E-state index in [1.807, 2.05) is 54.6 Å². The maximum absolute atomic E-state index is 14.2. The average molecular weight is 596 g/mol. The quantitative estimate of drug-likeness (QED) is 0.278. The summed E-state index contributed by atoms with van der Waals surface area (Å²) < 4.78 is 18.7. The van der Waals surface area contributed by atoms with Crippen molar-refractivity contribution in [3.8, 4) is 11.5 Å². The van der Waals surface area contributed by atoms with Crippen molar-refractivity contribution >= 4 is 34.8 Å². The van der Waals surface area contributed by atoms with Gasteiger partial charge < -0.3 is 19.1 Å². The topological polar surface area (TPSA) is 82.4 Å². The van der Waals surface area contributed by atoms with Gasteiger partial charge in [-0.1, -0.05) is 59.9 Å². The smallest absolute Gasteiger partial charge is 0.338 e. The lowest BCUT2D eigenvalue weighted by atomic mass is 9.93.